The van der Waals surface area contributed by atoms with Gasteiger partial charge in [0.25, 0.3) is 0 Å². The summed E-state index contributed by atoms with van der Waals surface area (Å²) in [5, 5.41) is 18.6. The lowest BCUT2D eigenvalue weighted by Crippen LogP contribution is -2.31. The number of ether oxygens (including phenoxy) is 2. The molecule has 0 radical (unpaired) electrons. The molecular formula is C22H25N3O3S2. The summed E-state index contributed by atoms with van der Waals surface area (Å²) in [5.41, 5.74) is 9.75. The normalized spacial score (nSPS) is 21.6. The van der Waals surface area contributed by atoms with Gasteiger partial charge in [-0.2, -0.15) is 0 Å². The number of hydrogen-bond donors (Lipinski definition) is 2. The Morgan fingerprint density at radius 1 is 1.03 bits per heavy atom. The van der Waals surface area contributed by atoms with Gasteiger partial charge in [-0.3, -0.25) is 0 Å². The van der Waals surface area contributed by atoms with E-state index in [2.05, 4.69) is 10.2 Å². The molecule has 1 aliphatic rings. The van der Waals surface area contributed by atoms with Crippen molar-refractivity contribution in [3.63, 3.8) is 0 Å². The second-order valence-electron chi connectivity index (χ2n) is 7.19. The van der Waals surface area contributed by atoms with Crippen molar-refractivity contribution >= 4 is 23.1 Å². The molecule has 3 aromatic rings. The van der Waals surface area contributed by atoms with Crippen molar-refractivity contribution in [1.82, 2.24) is 10.2 Å². The van der Waals surface area contributed by atoms with Gasteiger partial charge in [0, 0.05) is 24.3 Å². The molecule has 1 fully saturated rings. The predicted molar refractivity (Wildman–Crippen MR) is 118 cm³/mol. The number of nitrogens with two attached hydrogens (primary N) is 1. The first kappa shape index (κ1) is 21.4. The van der Waals surface area contributed by atoms with Gasteiger partial charge in [-0.05, 0) is 23.6 Å². The lowest BCUT2D eigenvalue weighted by atomic mass is 10.0. The van der Waals surface area contributed by atoms with Crippen LogP contribution in [0.25, 0.3) is 0 Å². The number of benzene rings is 2. The zero-order valence-corrected chi connectivity index (χ0v) is 18.4. The summed E-state index contributed by atoms with van der Waals surface area (Å²) in [4.78, 5) is 0. The Hall–Kier alpha value is -1.81. The summed E-state index contributed by atoms with van der Waals surface area (Å²) >= 11 is 3.27. The molecule has 0 unspecified atom stereocenters. The van der Waals surface area contributed by atoms with Crippen molar-refractivity contribution in [2.75, 3.05) is 5.75 Å². The van der Waals surface area contributed by atoms with E-state index < -0.39 is 6.29 Å². The molecule has 0 amide bonds. The maximum absolute atomic E-state index is 9.32. The van der Waals surface area contributed by atoms with E-state index in [1.165, 1.54) is 0 Å². The average molecular weight is 444 g/mol. The van der Waals surface area contributed by atoms with Crippen LogP contribution in [0.5, 0.6) is 0 Å². The molecule has 158 valence electrons. The van der Waals surface area contributed by atoms with Crippen LogP contribution in [-0.4, -0.2) is 27.2 Å². The lowest BCUT2D eigenvalue weighted by Gasteiger charge is -2.36. The summed E-state index contributed by atoms with van der Waals surface area (Å²) in [6.45, 7) is 2.50. The molecule has 0 aliphatic carbocycles. The van der Waals surface area contributed by atoms with Crippen LogP contribution in [-0.2, 0) is 22.6 Å². The minimum absolute atomic E-state index is 0.00894. The molecule has 2 aromatic carbocycles. The Bertz CT molecular complexity index is 892. The highest BCUT2D eigenvalue weighted by Crippen LogP contribution is 2.39. The Morgan fingerprint density at radius 3 is 2.37 bits per heavy atom. The maximum Gasteiger partial charge on any atom is 0.184 e. The van der Waals surface area contributed by atoms with E-state index in [9.17, 15) is 5.11 Å². The van der Waals surface area contributed by atoms with Crippen molar-refractivity contribution in [2.45, 2.75) is 49.3 Å². The van der Waals surface area contributed by atoms with Gasteiger partial charge >= 0.3 is 0 Å². The highest BCUT2D eigenvalue weighted by Gasteiger charge is 2.32. The number of thioether (sulfide) groups is 1. The summed E-state index contributed by atoms with van der Waals surface area (Å²) in [6, 6.07) is 16.0. The summed E-state index contributed by atoms with van der Waals surface area (Å²) in [7, 11) is 0. The molecule has 4 rings (SSSR count). The molecule has 0 spiro atoms. The SMILES string of the molecule is Cc1nnc(SC[C@@H]2C[C@H](c3ccc(CO)cc3)O[C@H](c3ccc(CN)cc3)O2)s1. The minimum atomic E-state index is -0.449. The number of aliphatic hydroxyl groups excluding tert-OH is 1. The van der Waals surface area contributed by atoms with E-state index in [-0.39, 0.29) is 18.8 Å². The molecule has 0 saturated carbocycles. The molecule has 3 N–H and O–H groups in total. The van der Waals surface area contributed by atoms with Crippen LogP contribution < -0.4 is 5.73 Å². The Labute approximate surface area is 184 Å². The molecule has 1 saturated heterocycles. The first-order valence-electron chi connectivity index (χ1n) is 9.87. The fraction of sp³-hybridized carbons (Fsp3) is 0.364. The van der Waals surface area contributed by atoms with Crippen molar-refractivity contribution in [3.05, 3.63) is 75.8 Å². The maximum atomic E-state index is 9.32. The van der Waals surface area contributed by atoms with Gasteiger partial charge in [0.05, 0.1) is 18.8 Å². The van der Waals surface area contributed by atoms with Crippen LogP contribution in [0.15, 0.2) is 52.9 Å². The van der Waals surface area contributed by atoms with Crippen molar-refractivity contribution in [1.29, 1.82) is 0 Å². The third kappa shape index (κ3) is 5.26. The van der Waals surface area contributed by atoms with Gasteiger partial charge in [-0.15, -0.1) is 10.2 Å². The van der Waals surface area contributed by atoms with Gasteiger partial charge in [0.2, 0.25) is 0 Å². The van der Waals surface area contributed by atoms with Crippen molar-refractivity contribution in [2.24, 2.45) is 5.73 Å². The number of aryl methyl sites for hydroxylation is 1. The average Bonchev–Trinajstić information content (AvgIpc) is 3.22. The van der Waals surface area contributed by atoms with Gasteiger partial charge < -0.3 is 20.3 Å². The lowest BCUT2D eigenvalue weighted by molar-refractivity contribution is -0.245. The Morgan fingerprint density at radius 2 is 1.73 bits per heavy atom. The third-order valence-electron chi connectivity index (χ3n) is 5.00. The zero-order chi connectivity index (χ0) is 20.9. The highest BCUT2D eigenvalue weighted by molar-refractivity contribution is 8.01. The number of rotatable bonds is 7. The Balaban J connectivity index is 1.52. The second kappa shape index (κ2) is 10.00. The molecular weight excluding hydrogens is 418 g/mol. The third-order valence-corrected chi connectivity index (χ3v) is 7.11. The van der Waals surface area contributed by atoms with Crippen LogP contribution in [0.2, 0.25) is 0 Å². The molecule has 0 bridgehead atoms. The molecule has 6 nitrogen and oxygen atoms in total. The molecule has 1 aliphatic heterocycles. The largest absolute Gasteiger partial charge is 0.392 e. The van der Waals surface area contributed by atoms with Gasteiger partial charge in [0.1, 0.15) is 5.01 Å². The molecule has 3 atom stereocenters. The van der Waals surface area contributed by atoms with Crippen molar-refractivity contribution in [3.8, 4) is 0 Å². The first-order valence-corrected chi connectivity index (χ1v) is 11.7. The highest BCUT2D eigenvalue weighted by atomic mass is 32.2. The smallest absolute Gasteiger partial charge is 0.184 e. The molecule has 2 heterocycles. The van der Waals surface area contributed by atoms with E-state index in [4.69, 9.17) is 15.2 Å². The van der Waals surface area contributed by atoms with Gasteiger partial charge in [-0.1, -0.05) is 71.6 Å². The number of aromatic nitrogens is 2. The van der Waals surface area contributed by atoms with Crippen LogP contribution in [0, 0.1) is 6.92 Å². The zero-order valence-electron chi connectivity index (χ0n) is 16.7. The summed E-state index contributed by atoms with van der Waals surface area (Å²) < 4.78 is 13.6. The summed E-state index contributed by atoms with van der Waals surface area (Å²) in [6.07, 6.45) is 0.220. The second-order valence-corrected chi connectivity index (χ2v) is 9.64. The number of hydrogen-bond acceptors (Lipinski definition) is 8. The number of nitrogens with zero attached hydrogens (tertiary/aromatic N) is 2. The van der Waals surface area contributed by atoms with Crippen LogP contribution >= 0.6 is 23.1 Å². The predicted octanol–water partition coefficient (Wildman–Crippen LogP) is 4.14. The fourth-order valence-corrected chi connectivity index (χ4v) is 5.19. The van der Waals surface area contributed by atoms with Crippen LogP contribution in [0.1, 0.15) is 46.1 Å². The fourth-order valence-electron chi connectivity index (χ4n) is 3.33. The molecule has 30 heavy (non-hydrogen) atoms. The van der Waals surface area contributed by atoms with Gasteiger partial charge in [-0.25, -0.2) is 0 Å². The van der Waals surface area contributed by atoms with E-state index >= 15 is 0 Å². The number of aliphatic hydroxyl groups is 1. The van der Waals surface area contributed by atoms with E-state index in [1.54, 1.807) is 23.1 Å². The molecule has 8 heteroatoms. The summed E-state index contributed by atoms with van der Waals surface area (Å²) in [5.74, 6) is 0.778. The Kier molecular flexibility index (Phi) is 7.14. The first-order chi connectivity index (χ1) is 14.6. The van der Waals surface area contributed by atoms with Gasteiger partial charge in [0.15, 0.2) is 10.6 Å². The minimum Gasteiger partial charge on any atom is -0.392 e. The molecule has 1 aromatic heterocycles. The van der Waals surface area contributed by atoms with E-state index in [1.807, 2.05) is 55.5 Å². The van der Waals surface area contributed by atoms with Crippen LogP contribution in [0.3, 0.4) is 0 Å². The van der Waals surface area contributed by atoms with E-state index in [0.29, 0.717) is 6.54 Å². The monoisotopic (exact) mass is 443 g/mol. The van der Waals surface area contributed by atoms with Crippen LogP contribution in [0.4, 0.5) is 0 Å². The quantitative estimate of drug-likeness (QED) is 0.531. The van der Waals surface area contributed by atoms with Crippen molar-refractivity contribution < 1.29 is 14.6 Å². The van der Waals surface area contributed by atoms with E-state index in [0.717, 1.165) is 43.8 Å². The standard InChI is InChI=1S/C22H25N3O3S2/c1-14-24-25-22(30-14)29-13-19-10-20(17-6-4-16(12-26)5-7-17)28-21(27-19)18-8-2-15(11-23)3-9-18/h2-9,19-21,26H,10-13,23H2,1H3/t19-,20+,21+/m0/s1. The topological polar surface area (TPSA) is 90.5 Å².